The number of nitrogens with one attached hydrogen (secondary N) is 1. The number of anilines is 1. The molecule has 0 spiro atoms. The summed E-state index contributed by atoms with van der Waals surface area (Å²) in [5.74, 6) is 2.15. The van der Waals surface area contributed by atoms with Crippen molar-refractivity contribution in [2.24, 2.45) is 0 Å². The summed E-state index contributed by atoms with van der Waals surface area (Å²) < 4.78 is 25.0. The van der Waals surface area contributed by atoms with Crippen LogP contribution in [0.2, 0.25) is 0 Å². The standard InChI is InChI=1S/C23H23FN2O2/c24-18-6-8-19(9-7-18)26-15-14-25-16-20(26)17-27-21-10-12-23(13-11-21)28-22-4-2-1-3-5-22/h1-13,20,25H,14-17H2. The Morgan fingerprint density at radius 1 is 0.857 bits per heavy atom. The van der Waals surface area contributed by atoms with Gasteiger partial charge in [-0.25, -0.2) is 4.39 Å². The average molecular weight is 378 g/mol. The Hall–Kier alpha value is -3.05. The van der Waals surface area contributed by atoms with Gasteiger partial charge in [-0.15, -0.1) is 0 Å². The van der Waals surface area contributed by atoms with Gasteiger partial charge in [0.1, 0.15) is 29.7 Å². The second-order valence-corrected chi connectivity index (χ2v) is 6.73. The van der Waals surface area contributed by atoms with Gasteiger partial charge in [0.25, 0.3) is 0 Å². The van der Waals surface area contributed by atoms with Crippen LogP contribution in [0.15, 0.2) is 78.9 Å². The molecule has 0 radical (unpaired) electrons. The number of halogens is 1. The Bertz CT molecular complexity index is 869. The molecule has 4 nitrogen and oxygen atoms in total. The van der Waals surface area contributed by atoms with E-state index in [9.17, 15) is 4.39 Å². The Morgan fingerprint density at radius 2 is 1.54 bits per heavy atom. The first-order valence-corrected chi connectivity index (χ1v) is 9.47. The van der Waals surface area contributed by atoms with Crippen LogP contribution in [0.3, 0.4) is 0 Å². The summed E-state index contributed by atoms with van der Waals surface area (Å²) in [5.41, 5.74) is 1.02. The van der Waals surface area contributed by atoms with Crippen molar-refractivity contribution in [1.29, 1.82) is 0 Å². The van der Waals surface area contributed by atoms with Gasteiger partial charge in [0, 0.05) is 25.3 Å². The van der Waals surface area contributed by atoms with Gasteiger partial charge in [-0.3, -0.25) is 0 Å². The van der Waals surface area contributed by atoms with Gasteiger partial charge in [0.05, 0.1) is 6.04 Å². The first-order chi connectivity index (χ1) is 13.8. The lowest BCUT2D eigenvalue weighted by atomic mass is 10.1. The monoisotopic (exact) mass is 378 g/mol. The molecule has 1 saturated heterocycles. The van der Waals surface area contributed by atoms with Gasteiger partial charge < -0.3 is 19.7 Å². The number of para-hydroxylation sites is 1. The smallest absolute Gasteiger partial charge is 0.127 e. The van der Waals surface area contributed by atoms with Crippen LogP contribution in [0.25, 0.3) is 0 Å². The predicted molar refractivity (Wildman–Crippen MR) is 109 cm³/mol. The molecule has 144 valence electrons. The molecule has 0 aromatic heterocycles. The van der Waals surface area contributed by atoms with E-state index in [1.54, 1.807) is 0 Å². The maximum atomic E-state index is 13.2. The van der Waals surface area contributed by atoms with Gasteiger partial charge >= 0.3 is 0 Å². The van der Waals surface area contributed by atoms with Crippen molar-refractivity contribution in [3.63, 3.8) is 0 Å². The van der Waals surface area contributed by atoms with E-state index in [4.69, 9.17) is 9.47 Å². The number of hydrogen-bond donors (Lipinski definition) is 1. The van der Waals surface area contributed by atoms with Gasteiger partial charge in [0.15, 0.2) is 0 Å². The zero-order chi connectivity index (χ0) is 19.2. The fourth-order valence-electron chi connectivity index (χ4n) is 3.30. The molecule has 0 amide bonds. The first kappa shape index (κ1) is 18.3. The number of piperazine rings is 1. The third kappa shape index (κ3) is 4.61. The van der Waals surface area contributed by atoms with Gasteiger partial charge in [0.2, 0.25) is 0 Å². The number of benzene rings is 3. The maximum Gasteiger partial charge on any atom is 0.127 e. The molecule has 1 unspecified atom stereocenters. The van der Waals surface area contributed by atoms with Crippen LogP contribution in [-0.4, -0.2) is 32.3 Å². The summed E-state index contributed by atoms with van der Waals surface area (Å²) in [6.45, 7) is 3.14. The Kier molecular flexibility index (Phi) is 5.73. The molecule has 1 fully saturated rings. The molecule has 0 saturated carbocycles. The molecular weight excluding hydrogens is 355 g/mol. The molecule has 28 heavy (non-hydrogen) atoms. The molecule has 4 rings (SSSR count). The first-order valence-electron chi connectivity index (χ1n) is 9.47. The van der Waals surface area contributed by atoms with E-state index < -0.39 is 0 Å². The molecule has 3 aromatic rings. The minimum atomic E-state index is -0.218. The molecule has 5 heteroatoms. The predicted octanol–water partition coefficient (Wildman–Crippen LogP) is 4.48. The molecule has 1 N–H and O–H groups in total. The number of ether oxygens (including phenoxy) is 2. The van der Waals surface area contributed by atoms with Crippen LogP contribution >= 0.6 is 0 Å². The Labute approximate surface area is 164 Å². The third-order valence-electron chi connectivity index (χ3n) is 4.75. The van der Waals surface area contributed by atoms with Gasteiger partial charge in [-0.05, 0) is 60.7 Å². The molecule has 1 aliphatic rings. The van der Waals surface area contributed by atoms with Crippen molar-refractivity contribution in [1.82, 2.24) is 5.32 Å². The van der Waals surface area contributed by atoms with E-state index >= 15 is 0 Å². The van der Waals surface area contributed by atoms with Crippen LogP contribution < -0.4 is 19.7 Å². The third-order valence-corrected chi connectivity index (χ3v) is 4.75. The van der Waals surface area contributed by atoms with Crippen molar-refractivity contribution >= 4 is 5.69 Å². The van der Waals surface area contributed by atoms with E-state index in [0.29, 0.717) is 6.61 Å². The molecule has 1 aliphatic heterocycles. The molecule has 3 aromatic carbocycles. The van der Waals surface area contributed by atoms with Crippen molar-refractivity contribution < 1.29 is 13.9 Å². The molecular formula is C23H23FN2O2. The maximum absolute atomic E-state index is 13.2. The van der Waals surface area contributed by atoms with E-state index in [-0.39, 0.29) is 11.9 Å². The summed E-state index contributed by atoms with van der Waals surface area (Å²) in [5, 5.41) is 3.40. The summed E-state index contributed by atoms with van der Waals surface area (Å²) in [4.78, 5) is 2.27. The summed E-state index contributed by atoms with van der Waals surface area (Å²) >= 11 is 0. The van der Waals surface area contributed by atoms with E-state index in [2.05, 4.69) is 10.2 Å². The van der Waals surface area contributed by atoms with Crippen LogP contribution in [-0.2, 0) is 0 Å². The van der Waals surface area contributed by atoms with Gasteiger partial charge in [-0.1, -0.05) is 18.2 Å². The SMILES string of the molecule is Fc1ccc(N2CCNCC2COc2ccc(Oc3ccccc3)cc2)cc1. The lowest BCUT2D eigenvalue weighted by Gasteiger charge is -2.37. The Balaban J connectivity index is 1.36. The second-order valence-electron chi connectivity index (χ2n) is 6.73. The van der Waals surface area contributed by atoms with Gasteiger partial charge in [-0.2, -0.15) is 0 Å². The highest BCUT2D eigenvalue weighted by molar-refractivity contribution is 5.48. The minimum absolute atomic E-state index is 0.180. The topological polar surface area (TPSA) is 33.7 Å². The highest BCUT2D eigenvalue weighted by Gasteiger charge is 2.23. The highest BCUT2D eigenvalue weighted by atomic mass is 19.1. The fraction of sp³-hybridized carbons (Fsp3) is 0.217. The zero-order valence-electron chi connectivity index (χ0n) is 15.6. The highest BCUT2D eigenvalue weighted by Crippen LogP contribution is 2.24. The summed E-state index contributed by atoms with van der Waals surface area (Å²) in [6.07, 6.45) is 0. The van der Waals surface area contributed by atoms with Crippen LogP contribution in [0.4, 0.5) is 10.1 Å². The quantitative estimate of drug-likeness (QED) is 0.686. The number of nitrogens with zero attached hydrogens (tertiary/aromatic N) is 1. The van der Waals surface area contributed by atoms with Crippen molar-refractivity contribution in [3.8, 4) is 17.2 Å². The summed E-state index contributed by atoms with van der Waals surface area (Å²) in [6, 6.07) is 24.1. The Morgan fingerprint density at radius 3 is 2.29 bits per heavy atom. The number of rotatable bonds is 6. The largest absolute Gasteiger partial charge is 0.491 e. The lowest BCUT2D eigenvalue weighted by Crippen LogP contribution is -2.54. The van der Waals surface area contributed by atoms with E-state index in [0.717, 1.165) is 42.6 Å². The van der Waals surface area contributed by atoms with Crippen molar-refractivity contribution in [2.75, 3.05) is 31.1 Å². The normalized spacial score (nSPS) is 16.6. The average Bonchev–Trinajstić information content (AvgIpc) is 2.75. The van der Waals surface area contributed by atoms with E-state index in [1.807, 2.05) is 66.7 Å². The van der Waals surface area contributed by atoms with E-state index in [1.165, 1.54) is 12.1 Å². The summed E-state index contributed by atoms with van der Waals surface area (Å²) in [7, 11) is 0. The fourth-order valence-corrected chi connectivity index (χ4v) is 3.30. The second kappa shape index (κ2) is 8.76. The van der Waals surface area contributed by atoms with Crippen LogP contribution in [0.5, 0.6) is 17.2 Å². The number of hydrogen-bond acceptors (Lipinski definition) is 4. The molecule has 1 atom stereocenters. The van der Waals surface area contributed by atoms with Crippen LogP contribution in [0, 0.1) is 5.82 Å². The zero-order valence-corrected chi connectivity index (χ0v) is 15.6. The molecule has 0 aliphatic carbocycles. The molecule has 0 bridgehead atoms. The minimum Gasteiger partial charge on any atom is -0.491 e. The molecule has 1 heterocycles. The van der Waals surface area contributed by atoms with Crippen molar-refractivity contribution in [3.05, 3.63) is 84.7 Å². The van der Waals surface area contributed by atoms with Crippen LogP contribution in [0.1, 0.15) is 0 Å². The lowest BCUT2D eigenvalue weighted by molar-refractivity contribution is 0.267. The van der Waals surface area contributed by atoms with Crippen molar-refractivity contribution in [2.45, 2.75) is 6.04 Å².